The molecule has 2 aliphatic rings. The lowest BCUT2D eigenvalue weighted by Gasteiger charge is -2.34. The predicted molar refractivity (Wildman–Crippen MR) is 140 cm³/mol. The molecular formula is C26H29F3N6O3S. The van der Waals surface area contributed by atoms with Gasteiger partial charge < -0.3 is 14.3 Å². The summed E-state index contributed by atoms with van der Waals surface area (Å²) in [5.41, 5.74) is -2.36. The number of aromatic nitrogens is 1. The number of carbonyl (C=O) groups is 2. The zero-order chi connectivity index (χ0) is 28.5. The van der Waals surface area contributed by atoms with Crippen molar-refractivity contribution in [3.8, 4) is 6.07 Å². The van der Waals surface area contributed by atoms with E-state index in [9.17, 15) is 22.8 Å². The third-order valence-corrected chi connectivity index (χ3v) is 7.53. The van der Waals surface area contributed by atoms with Crippen molar-refractivity contribution < 1.29 is 27.3 Å². The van der Waals surface area contributed by atoms with E-state index in [1.165, 1.54) is 6.07 Å². The number of hydrogen-bond acceptors (Lipinski definition) is 7. The van der Waals surface area contributed by atoms with Gasteiger partial charge in [0.2, 0.25) is 0 Å². The van der Waals surface area contributed by atoms with Gasteiger partial charge in [0.15, 0.2) is 10.8 Å². The van der Waals surface area contributed by atoms with Gasteiger partial charge in [-0.25, -0.2) is 0 Å². The van der Waals surface area contributed by atoms with Crippen LogP contribution >= 0.6 is 12.2 Å². The van der Waals surface area contributed by atoms with E-state index in [0.29, 0.717) is 37.5 Å². The van der Waals surface area contributed by atoms with Crippen molar-refractivity contribution in [3.05, 3.63) is 46.8 Å². The summed E-state index contributed by atoms with van der Waals surface area (Å²) in [5, 5.41) is 13.0. The largest absolute Gasteiger partial charge is 0.417 e. The van der Waals surface area contributed by atoms with Gasteiger partial charge in [0.25, 0.3) is 11.8 Å². The number of amides is 2. The SMILES string of the molecule is Cc1cc(C(=O)N2CCN(CCCCN3C(=S)N(c4ccc(C#N)c(C(F)(F)F)c4)C(=O)C3(C)C)CC2)no1. The van der Waals surface area contributed by atoms with Crippen LogP contribution in [0.5, 0.6) is 0 Å². The molecule has 9 nitrogen and oxygen atoms in total. The van der Waals surface area contributed by atoms with E-state index in [4.69, 9.17) is 22.0 Å². The molecule has 0 atom stereocenters. The van der Waals surface area contributed by atoms with Gasteiger partial charge in [-0.1, -0.05) is 5.16 Å². The van der Waals surface area contributed by atoms with E-state index in [-0.39, 0.29) is 16.7 Å². The van der Waals surface area contributed by atoms with Gasteiger partial charge in [-0.3, -0.25) is 19.4 Å². The Morgan fingerprint density at radius 1 is 1.15 bits per heavy atom. The maximum Gasteiger partial charge on any atom is 0.417 e. The molecule has 2 saturated heterocycles. The number of carbonyl (C=O) groups excluding carboxylic acids is 2. The fourth-order valence-electron chi connectivity index (χ4n) is 4.85. The summed E-state index contributed by atoms with van der Waals surface area (Å²) < 4.78 is 45.5. The molecule has 208 valence electrons. The fourth-order valence-corrected chi connectivity index (χ4v) is 5.36. The fraction of sp³-hybridized carbons (Fsp3) is 0.500. The minimum absolute atomic E-state index is 0.0138. The molecule has 2 aromatic rings. The van der Waals surface area contributed by atoms with Crippen molar-refractivity contribution in [2.75, 3.05) is 44.2 Å². The number of hydrogen-bond donors (Lipinski definition) is 0. The highest BCUT2D eigenvalue weighted by Crippen LogP contribution is 2.38. The topological polar surface area (TPSA) is 96.9 Å². The summed E-state index contributed by atoms with van der Waals surface area (Å²) in [6.07, 6.45) is -3.22. The third kappa shape index (κ3) is 5.77. The van der Waals surface area contributed by atoms with Crippen LogP contribution in [0.4, 0.5) is 18.9 Å². The molecule has 2 fully saturated rings. The Labute approximate surface area is 229 Å². The van der Waals surface area contributed by atoms with Crippen LogP contribution in [0.15, 0.2) is 28.8 Å². The molecule has 0 saturated carbocycles. The molecule has 0 unspecified atom stereocenters. The first kappa shape index (κ1) is 28.5. The number of anilines is 1. The van der Waals surface area contributed by atoms with Crippen LogP contribution in [0.25, 0.3) is 0 Å². The van der Waals surface area contributed by atoms with E-state index in [2.05, 4.69) is 10.1 Å². The van der Waals surface area contributed by atoms with Gasteiger partial charge in [0, 0.05) is 38.8 Å². The van der Waals surface area contributed by atoms with Crippen molar-refractivity contribution in [3.63, 3.8) is 0 Å². The molecule has 0 radical (unpaired) electrons. The minimum Gasteiger partial charge on any atom is -0.361 e. The first-order chi connectivity index (χ1) is 18.3. The molecule has 0 spiro atoms. The van der Waals surface area contributed by atoms with Crippen LogP contribution < -0.4 is 4.90 Å². The van der Waals surface area contributed by atoms with E-state index < -0.39 is 28.7 Å². The van der Waals surface area contributed by atoms with Crippen molar-refractivity contribution in [1.82, 2.24) is 19.9 Å². The lowest BCUT2D eigenvalue weighted by Crippen LogP contribution is -2.49. The lowest BCUT2D eigenvalue weighted by atomic mass is 10.0. The van der Waals surface area contributed by atoms with Crippen LogP contribution in [0, 0.1) is 18.3 Å². The highest BCUT2D eigenvalue weighted by atomic mass is 32.1. The highest BCUT2D eigenvalue weighted by molar-refractivity contribution is 7.80. The number of alkyl halides is 3. The Balaban J connectivity index is 1.32. The standard InChI is InChI=1S/C26H29F3N6O3S/c1-17-14-21(31-38-17)22(36)33-12-10-32(11-13-33)8-4-5-9-34-24(39)35(23(37)25(34,2)3)19-7-6-18(16-30)20(15-19)26(27,28)29/h6-7,14-15H,4-5,8-13H2,1-3H3. The number of nitrogens with zero attached hydrogens (tertiary/aromatic N) is 6. The van der Waals surface area contributed by atoms with Crippen LogP contribution in [0.3, 0.4) is 0 Å². The van der Waals surface area contributed by atoms with Gasteiger partial charge in [-0.2, -0.15) is 18.4 Å². The summed E-state index contributed by atoms with van der Waals surface area (Å²) in [4.78, 5) is 32.7. The summed E-state index contributed by atoms with van der Waals surface area (Å²) >= 11 is 5.55. The summed E-state index contributed by atoms with van der Waals surface area (Å²) in [5.74, 6) is 0.0222. The number of nitriles is 1. The molecular weight excluding hydrogens is 533 g/mol. The first-order valence-corrected chi connectivity index (χ1v) is 13.0. The van der Waals surface area contributed by atoms with Crippen LogP contribution in [0.2, 0.25) is 0 Å². The predicted octanol–water partition coefficient (Wildman–Crippen LogP) is 3.82. The Morgan fingerprint density at radius 2 is 1.82 bits per heavy atom. The Morgan fingerprint density at radius 3 is 2.41 bits per heavy atom. The zero-order valence-electron chi connectivity index (χ0n) is 21.9. The van der Waals surface area contributed by atoms with Crippen LogP contribution in [0.1, 0.15) is 54.1 Å². The summed E-state index contributed by atoms with van der Waals surface area (Å²) in [6.45, 7) is 9.01. The second-order valence-corrected chi connectivity index (χ2v) is 10.5. The smallest absolute Gasteiger partial charge is 0.361 e. The number of benzene rings is 1. The zero-order valence-corrected chi connectivity index (χ0v) is 22.7. The van der Waals surface area contributed by atoms with Gasteiger partial charge >= 0.3 is 6.18 Å². The van der Waals surface area contributed by atoms with E-state index in [1.54, 1.807) is 42.7 Å². The molecule has 2 aliphatic heterocycles. The Hall–Kier alpha value is -3.50. The van der Waals surface area contributed by atoms with E-state index in [0.717, 1.165) is 43.1 Å². The molecule has 4 rings (SSSR count). The molecule has 0 N–H and O–H groups in total. The number of aryl methyl sites for hydroxylation is 1. The first-order valence-electron chi connectivity index (χ1n) is 12.6. The molecule has 39 heavy (non-hydrogen) atoms. The summed E-state index contributed by atoms with van der Waals surface area (Å²) in [7, 11) is 0. The van der Waals surface area contributed by atoms with Crippen molar-refractivity contribution in [2.24, 2.45) is 0 Å². The van der Waals surface area contributed by atoms with Gasteiger partial charge in [-0.15, -0.1) is 0 Å². The Bertz CT molecular complexity index is 1310. The van der Waals surface area contributed by atoms with Gasteiger partial charge in [0.1, 0.15) is 11.3 Å². The van der Waals surface area contributed by atoms with Crippen molar-refractivity contribution >= 4 is 34.8 Å². The molecule has 0 aliphatic carbocycles. The van der Waals surface area contributed by atoms with Crippen molar-refractivity contribution in [1.29, 1.82) is 5.26 Å². The molecule has 2 amide bonds. The monoisotopic (exact) mass is 562 g/mol. The van der Waals surface area contributed by atoms with Gasteiger partial charge in [-0.05, 0) is 70.6 Å². The third-order valence-electron chi connectivity index (χ3n) is 7.12. The minimum atomic E-state index is -4.74. The molecule has 3 heterocycles. The second-order valence-electron chi connectivity index (χ2n) is 10.1. The maximum absolute atomic E-state index is 13.5. The van der Waals surface area contributed by atoms with Crippen LogP contribution in [-0.4, -0.2) is 81.6 Å². The molecule has 0 bridgehead atoms. The highest BCUT2D eigenvalue weighted by Gasteiger charge is 2.49. The number of piperazine rings is 1. The number of rotatable bonds is 7. The number of halogens is 3. The average molecular weight is 563 g/mol. The summed E-state index contributed by atoms with van der Waals surface area (Å²) in [6, 6.07) is 6.35. The molecule has 1 aromatic carbocycles. The molecule has 1 aromatic heterocycles. The van der Waals surface area contributed by atoms with Crippen LogP contribution in [-0.2, 0) is 11.0 Å². The van der Waals surface area contributed by atoms with E-state index >= 15 is 0 Å². The maximum atomic E-state index is 13.5. The average Bonchev–Trinajstić information content (AvgIpc) is 3.40. The van der Waals surface area contributed by atoms with E-state index in [1.807, 2.05) is 0 Å². The quantitative estimate of drug-likeness (QED) is 0.371. The Kier molecular flexibility index (Phi) is 7.99. The number of thiocarbonyl (C=S) groups is 1. The molecule has 13 heteroatoms. The van der Waals surface area contributed by atoms with Crippen molar-refractivity contribution in [2.45, 2.75) is 45.3 Å². The number of unbranched alkanes of at least 4 members (excludes halogenated alkanes) is 1. The van der Waals surface area contributed by atoms with Gasteiger partial charge in [0.05, 0.1) is 22.9 Å². The normalized spacial score (nSPS) is 18.1. The lowest BCUT2D eigenvalue weighted by molar-refractivity contribution is -0.137. The second kappa shape index (κ2) is 10.9.